The second kappa shape index (κ2) is 11.0. The predicted molar refractivity (Wildman–Crippen MR) is 116 cm³/mol. The van der Waals surface area contributed by atoms with E-state index < -0.39 is 17.5 Å². The van der Waals surface area contributed by atoms with Crippen molar-refractivity contribution in [2.24, 2.45) is 0 Å². The van der Waals surface area contributed by atoms with Crippen LogP contribution < -0.4 is 0 Å². The van der Waals surface area contributed by atoms with E-state index in [9.17, 15) is 13.2 Å². The monoisotopic (exact) mass is 418 g/mol. The molecule has 1 nitrogen and oxygen atoms in total. The first-order chi connectivity index (χ1) is 14.5. The first-order valence-corrected chi connectivity index (χ1v) is 11.4. The van der Waals surface area contributed by atoms with E-state index >= 15 is 0 Å². The van der Waals surface area contributed by atoms with Gasteiger partial charge in [-0.2, -0.15) is 0 Å². The zero-order valence-electron chi connectivity index (χ0n) is 18.2. The van der Waals surface area contributed by atoms with Gasteiger partial charge in [-0.05, 0) is 49.3 Å². The van der Waals surface area contributed by atoms with E-state index in [2.05, 4.69) is 13.8 Å². The maximum atomic E-state index is 14.9. The smallest absolute Gasteiger partial charge is 0.167 e. The molecule has 1 aliphatic heterocycles. The Labute approximate surface area is 178 Å². The summed E-state index contributed by atoms with van der Waals surface area (Å²) in [6.07, 6.45) is 8.96. The Bertz CT molecular complexity index is 825. The van der Waals surface area contributed by atoms with Crippen LogP contribution in [-0.2, 0) is 11.2 Å². The lowest BCUT2D eigenvalue weighted by atomic mass is 9.89. The van der Waals surface area contributed by atoms with E-state index in [1.54, 1.807) is 12.1 Å². The van der Waals surface area contributed by atoms with E-state index in [1.165, 1.54) is 12.1 Å². The Morgan fingerprint density at radius 2 is 1.63 bits per heavy atom. The fraction of sp³-hybridized carbons (Fsp3) is 0.538. The minimum Gasteiger partial charge on any atom is -0.378 e. The summed E-state index contributed by atoms with van der Waals surface area (Å²) in [5.74, 6) is -2.19. The Morgan fingerprint density at radius 1 is 0.867 bits per heavy atom. The number of rotatable bonds is 9. The molecule has 0 spiro atoms. The molecule has 0 saturated carbocycles. The maximum Gasteiger partial charge on any atom is 0.167 e. The van der Waals surface area contributed by atoms with Gasteiger partial charge in [0.25, 0.3) is 0 Å². The largest absolute Gasteiger partial charge is 0.378 e. The van der Waals surface area contributed by atoms with Crippen LogP contribution in [0.5, 0.6) is 0 Å². The molecule has 3 rings (SSSR count). The number of hydrogen-bond acceptors (Lipinski definition) is 1. The lowest BCUT2D eigenvalue weighted by Crippen LogP contribution is -2.24. The molecule has 2 aromatic rings. The highest BCUT2D eigenvalue weighted by atomic mass is 19.2. The summed E-state index contributed by atoms with van der Waals surface area (Å²) in [6.45, 7) is 4.82. The molecule has 4 heteroatoms. The maximum absolute atomic E-state index is 14.9. The van der Waals surface area contributed by atoms with Crippen molar-refractivity contribution >= 4 is 0 Å². The van der Waals surface area contributed by atoms with Crippen molar-refractivity contribution in [1.29, 1.82) is 0 Å². The molecule has 0 aliphatic carbocycles. The second-order valence-electron chi connectivity index (χ2n) is 8.47. The van der Waals surface area contributed by atoms with Crippen molar-refractivity contribution in [3.05, 3.63) is 58.9 Å². The summed E-state index contributed by atoms with van der Waals surface area (Å²) in [5.41, 5.74) is 1.31. The zero-order valence-corrected chi connectivity index (χ0v) is 18.2. The van der Waals surface area contributed by atoms with Crippen LogP contribution in [-0.4, -0.2) is 12.7 Å². The molecule has 1 fully saturated rings. The van der Waals surface area contributed by atoms with Crippen LogP contribution >= 0.6 is 0 Å². The number of ether oxygens (including phenoxy) is 1. The van der Waals surface area contributed by atoms with Crippen LogP contribution in [0, 0.1) is 17.5 Å². The molecule has 164 valence electrons. The van der Waals surface area contributed by atoms with Gasteiger partial charge < -0.3 is 4.74 Å². The quantitative estimate of drug-likeness (QED) is 0.375. The molecule has 0 aromatic heterocycles. The summed E-state index contributed by atoms with van der Waals surface area (Å²) in [7, 11) is 0. The van der Waals surface area contributed by atoms with Crippen LogP contribution in [0.4, 0.5) is 13.2 Å². The van der Waals surface area contributed by atoms with Crippen LogP contribution in [0.3, 0.4) is 0 Å². The van der Waals surface area contributed by atoms with Gasteiger partial charge in [0.1, 0.15) is 5.82 Å². The molecule has 2 unspecified atom stereocenters. The van der Waals surface area contributed by atoms with Crippen molar-refractivity contribution < 1.29 is 17.9 Å². The predicted octanol–water partition coefficient (Wildman–Crippen LogP) is 7.96. The number of halogens is 3. The molecular formula is C26H33F3O. The van der Waals surface area contributed by atoms with Gasteiger partial charge in [-0.3, -0.25) is 0 Å². The highest BCUT2D eigenvalue weighted by molar-refractivity contribution is 5.66. The minimum absolute atomic E-state index is 0.0182. The summed E-state index contributed by atoms with van der Waals surface area (Å²) in [6, 6.07) is 7.94. The average Bonchev–Trinajstić information content (AvgIpc) is 2.76. The molecule has 0 radical (unpaired) electrons. The van der Waals surface area contributed by atoms with Crippen molar-refractivity contribution in [3.63, 3.8) is 0 Å². The topological polar surface area (TPSA) is 9.23 Å². The fourth-order valence-electron chi connectivity index (χ4n) is 4.29. The molecular weight excluding hydrogens is 385 g/mol. The second-order valence-corrected chi connectivity index (χ2v) is 8.47. The number of unbranched alkanes of at least 4 members (excludes halogenated alkanes) is 3. The fourth-order valence-corrected chi connectivity index (χ4v) is 4.29. The Morgan fingerprint density at radius 3 is 2.30 bits per heavy atom. The normalized spacial score (nSPS) is 19.2. The Kier molecular flexibility index (Phi) is 8.38. The summed E-state index contributed by atoms with van der Waals surface area (Å²) < 4.78 is 50.0. The summed E-state index contributed by atoms with van der Waals surface area (Å²) >= 11 is 0. The molecule has 1 saturated heterocycles. The molecule has 1 aliphatic rings. The van der Waals surface area contributed by atoms with Gasteiger partial charge in [0.05, 0.1) is 12.7 Å². The first-order valence-electron chi connectivity index (χ1n) is 11.4. The van der Waals surface area contributed by atoms with E-state index in [0.717, 1.165) is 56.9 Å². The lowest BCUT2D eigenvalue weighted by Gasteiger charge is -2.29. The van der Waals surface area contributed by atoms with Crippen molar-refractivity contribution in [2.45, 2.75) is 83.7 Å². The van der Waals surface area contributed by atoms with Gasteiger partial charge >= 0.3 is 0 Å². The molecule has 30 heavy (non-hydrogen) atoms. The third-order valence-corrected chi connectivity index (χ3v) is 6.22. The number of aryl methyl sites for hydroxylation is 1. The van der Waals surface area contributed by atoms with E-state index in [1.807, 2.05) is 6.07 Å². The molecule has 2 aromatic carbocycles. The van der Waals surface area contributed by atoms with Gasteiger partial charge in [0, 0.05) is 17.0 Å². The molecule has 0 amide bonds. The van der Waals surface area contributed by atoms with E-state index in [4.69, 9.17) is 4.74 Å². The van der Waals surface area contributed by atoms with Gasteiger partial charge in [0.2, 0.25) is 0 Å². The Balaban J connectivity index is 1.72. The van der Waals surface area contributed by atoms with Crippen molar-refractivity contribution in [1.82, 2.24) is 0 Å². The Hall–Kier alpha value is -1.81. The van der Waals surface area contributed by atoms with E-state index in [-0.39, 0.29) is 17.0 Å². The average molecular weight is 419 g/mol. The van der Waals surface area contributed by atoms with Crippen LogP contribution in [0.25, 0.3) is 11.1 Å². The number of benzene rings is 2. The van der Waals surface area contributed by atoms with Gasteiger partial charge in [-0.25, -0.2) is 13.2 Å². The van der Waals surface area contributed by atoms with Gasteiger partial charge in [-0.1, -0.05) is 63.8 Å². The molecule has 0 bridgehead atoms. The minimum atomic E-state index is -0.963. The van der Waals surface area contributed by atoms with Crippen molar-refractivity contribution in [3.8, 4) is 11.1 Å². The van der Waals surface area contributed by atoms with Crippen LogP contribution in [0.15, 0.2) is 30.3 Å². The molecule has 1 heterocycles. The lowest BCUT2D eigenvalue weighted by molar-refractivity contribution is -0.00193. The van der Waals surface area contributed by atoms with Crippen molar-refractivity contribution in [2.75, 3.05) is 6.61 Å². The zero-order chi connectivity index (χ0) is 21.5. The van der Waals surface area contributed by atoms with Crippen LogP contribution in [0.2, 0.25) is 0 Å². The third kappa shape index (κ3) is 5.46. The highest BCUT2D eigenvalue weighted by Gasteiger charge is 2.24. The SMILES string of the molecule is CCCCCc1ccc(-c2ccc(C3CCC(CCCC)OC3)cc2F)c(F)c1F. The first kappa shape index (κ1) is 22.9. The van der Waals surface area contributed by atoms with Crippen LogP contribution in [0.1, 0.15) is 82.3 Å². The summed E-state index contributed by atoms with van der Waals surface area (Å²) in [5, 5.41) is 0. The third-order valence-electron chi connectivity index (χ3n) is 6.22. The van der Waals surface area contributed by atoms with Gasteiger partial charge in [-0.15, -0.1) is 0 Å². The standard InChI is InChI=1S/C26H33F3O/c1-3-5-7-8-18-11-15-23(26(29)25(18)28)22-14-12-19(16-24(22)27)20-10-13-21(30-17-20)9-6-4-2/h11-12,14-16,20-21H,3-10,13,17H2,1-2H3. The van der Waals surface area contributed by atoms with Gasteiger partial charge in [0.15, 0.2) is 11.6 Å². The van der Waals surface area contributed by atoms with E-state index in [0.29, 0.717) is 24.7 Å². The summed E-state index contributed by atoms with van der Waals surface area (Å²) in [4.78, 5) is 0. The highest BCUT2D eigenvalue weighted by Crippen LogP contribution is 2.34. The molecule has 0 N–H and O–H groups in total. The molecule has 2 atom stereocenters. The number of hydrogen-bond donors (Lipinski definition) is 0.